The van der Waals surface area contributed by atoms with E-state index in [2.05, 4.69) is 10.4 Å². The van der Waals surface area contributed by atoms with E-state index in [0.717, 1.165) is 36.3 Å². The monoisotopic (exact) mass is 329 g/mol. The molecule has 1 aliphatic heterocycles. The highest BCUT2D eigenvalue weighted by atomic mass is 16.5. The molecular weight excluding hydrogens is 306 g/mol. The molecule has 0 saturated carbocycles. The summed E-state index contributed by atoms with van der Waals surface area (Å²) < 4.78 is 12.6. The minimum absolute atomic E-state index is 0.0186. The second-order valence-electron chi connectivity index (χ2n) is 6.05. The lowest BCUT2D eigenvalue weighted by molar-refractivity contribution is -0.121. The molecule has 0 unspecified atom stereocenters. The SMILES string of the molecule is Cc1ccccc1-c1cc(NC(=O)COC[C@H]2CCCO2)n(C)n1. The molecule has 0 aliphatic carbocycles. The Morgan fingerprint density at radius 2 is 2.29 bits per heavy atom. The topological polar surface area (TPSA) is 65.4 Å². The number of anilines is 1. The third-order valence-corrected chi connectivity index (χ3v) is 4.13. The number of carbonyl (C=O) groups is 1. The van der Waals surface area contributed by atoms with Crippen molar-refractivity contribution in [3.63, 3.8) is 0 Å². The summed E-state index contributed by atoms with van der Waals surface area (Å²) in [7, 11) is 1.81. The Hall–Kier alpha value is -2.18. The van der Waals surface area contributed by atoms with E-state index < -0.39 is 0 Å². The Labute approximate surface area is 141 Å². The predicted molar refractivity (Wildman–Crippen MR) is 91.8 cm³/mol. The van der Waals surface area contributed by atoms with Crippen molar-refractivity contribution in [3.8, 4) is 11.3 Å². The van der Waals surface area contributed by atoms with E-state index >= 15 is 0 Å². The van der Waals surface area contributed by atoms with Crippen LogP contribution in [-0.4, -0.2) is 41.6 Å². The molecule has 6 nitrogen and oxygen atoms in total. The Bertz CT molecular complexity index is 705. The number of nitrogens with one attached hydrogen (secondary N) is 1. The number of aryl methyl sites for hydroxylation is 2. The smallest absolute Gasteiger partial charge is 0.251 e. The lowest BCUT2D eigenvalue weighted by Crippen LogP contribution is -2.23. The van der Waals surface area contributed by atoms with Gasteiger partial charge >= 0.3 is 0 Å². The van der Waals surface area contributed by atoms with Crippen molar-refractivity contribution < 1.29 is 14.3 Å². The van der Waals surface area contributed by atoms with Gasteiger partial charge in [-0.05, 0) is 25.3 Å². The van der Waals surface area contributed by atoms with E-state index in [1.807, 2.05) is 44.3 Å². The van der Waals surface area contributed by atoms with Gasteiger partial charge in [-0.1, -0.05) is 24.3 Å². The molecule has 2 heterocycles. The molecule has 0 bridgehead atoms. The third kappa shape index (κ3) is 4.01. The molecular formula is C18H23N3O3. The van der Waals surface area contributed by atoms with Crippen molar-refractivity contribution in [2.75, 3.05) is 25.1 Å². The van der Waals surface area contributed by atoms with Gasteiger partial charge in [-0.15, -0.1) is 0 Å². The highest BCUT2D eigenvalue weighted by Gasteiger charge is 2.16. The molecule has 2 aromatic rings. The molecule has 128 valence electrons. The zero-order chi connectivity index (χ0) is 16.9. The first kappa shape index (κ1) is 16.7. The van der Waals surface area contributed by atoms with Crippen LogP contribution >= 0.6 is 0 Å². The van der Waals surface area contributed by atoms with Crippen LogP contribution in [0.1, 0.15) is 18.4 Å². The van der Waals surface area contributed by atoms with Gasteiger partial charge in [0.2, 0.25) is 0 Å². The fourth-order valence-electron chi connectivity index (χ4n) is 2.81. The molecule has 1 N–H and O–H groups in total. The maximum absolute atomic E-state index is 12.0. The molecule has 0 spiro atoms. The normalized spacial score (nSPS) is 17.2. The van der Waals surface area contributed by atoms with Crippen LogP contribution in [0.3, 0.4) is 0 Å². The molecule has 1 aromatic carbocycles. The van der Waals surface area contributed by atoms with Gasteiger partial charge in [0.15, 0.2) is 0 Å². The van der Waals surface area contributed by atoms with E-state index in [4.69, 9.17) is 9.47 Å². The van der Waals surface area contributed by atoms with Crippen LogP contribution in [-0.2, 0) is 21.3 Å². The number of hydrogen-bond donors (Lipinski definition) is 1. The highest BCUT2D eigenvalue weighted by Crippen LogP contribution is 2.24. The average molecular weight is 329 g/mol. The van der Waals surface area contributed by atoms with Crippen LogP contribution < -0.4 is 5.32 Å². The summed E-state index contributed by atoms with van der Waals surface area (Å²) in [4.78, 5) is 12.0. The number of rotatable bonds is 6. The van der Waals surface area contributed by atoms with Crippen LogP contribution in [0.2, 0.25) is 0 Å². The van der Waals surface area contributed by atoms with Gasteiger partial charge in [0.25, 0.3) is 5.91 Å². The van der Waals surface area contributed by atoms with Crippen molar-refractivity contribution in [3.05, 3.63) is 35.9 Å². The number of benzene rings is 1. The van der Waals surface area contributed by atoms with E-state index in [1.54, 1.807) is 4.68 Å². The molecule has 1 fully saturated rings. The van der Waals surface area contributed by atoms with E-state index in [0.29, 0.717) is 12.4 Å². The molecule has 1 aromatic heterocycles. The molecule has 1 aliphatic rings. The zero-order valence-electron chi connectivity index (χ0n) is 14.1. The van der Waals surface area contributed by atoms with Crippen molar-refractivity contribution in [2.45, 2.75) is 25.9 Å². The summed E-state index contributed by atoms with van der Waals surface area (Å²) in [5, 5.41) is 7.32. The summed E-state index contributed by atoms with van der Waals surface area (Å²) in [6.07, 6.45) is 2.20. The molecule has 3 rings (SSSR count). The molecule has 1 atom stereocenters. The lowest BCUT2D eigenvalue weighted by Gasteiger charge is -2.10. The molecule has 24 heavy (non-hydrogen) atoms. The van der Waals surface area contributed by atoms with Gasteiger partial charge in [-0.2, -0.15) is 5.10 Å². The van der Waals surface area contributed by atoms with Crippen LogP contribution in [0.5, 0.6) is 0 Å². The minimum Gasteiger partial charge on any atom is -0.376 e. The number of ether oxygens (including phenoxy) is 2. The van der Waals surface area contributed by atoms with E-state index in [-0.39, 0.29) is 18.6 Å². The first-order chi connectivity index (χ1) is 11.6. The largest absolute Gasteiger partial charge is 0.376 e. The second kappa shape index (κ2) is 7.59. The Morgan fingerprint density at radius 3 is 3.04 bits per heavy atom. The van der Waals surface area contributed by atoms with Gasteiger partial charge in [0.05, 0.1) is 18.4 Å². The Morgan fingerprint density at radius 1 is 1.46 bits per heavy atom. The first-order valence-corrected chi connectivity index (χ1v) is 8.23. The van der Waals surface area contributed by atoms with Gasteiger partial charge in [0, 0.05) is 25.3 Å². The van der Waals surface area contributed by atoms with Gasteiger partial charge in [-0.25, -0.2) is 0 Å². The lowest BCUT2D eigenvalue weighted by atomic mass is 10.1. The highest BCUT2D eigenvalue weighted by molar-refractivity contribution is 5.91. The van der Waals surface area contributed by atoms with Crippen LogP contribution in [0.15, 0.2) is 30.3 Å². The van der Waals surface area contributed by atoms with E-state index in [1.165, 1.54) is 0 Å². The van der Waals surface area contributed by atoms with E-state index in [9.17, 15) is 4.79 Å². The Kier molecular flexibility index (Phi) is 5.27. The summed E-state index contributed by atoms with van der Waals surface area (Å²) >= 11 is 0. The molecule has 1 amide bonds. The summed E-state index contributed by atoms with van der Waals surface area (Å²) in [5.74, 6) is 0.464. The number of aromatic nitrogens is 2. The van der Waals surface area contributed by atoms with Crippen LogP contribution in [0.4, 0.5) is 5.82 Å². The summed E-state index contributed by atoms with van der Waals surface area (Å²) in [6, 6.07) is 9.92. The zero-order valence-corrected chi connectivity index (χ0v) is 14.1. The minimum atomic E-state index is -0.188. The molecule has 0 radical (unpaired) electrons. The summed E-state index contributed by atoms with van der Waals surface area (Å²) in [6.45, 7) is 3.32. The van der Waals surface area contributed by atoms with Crippen molar-refractivity contribution >= 4 is 11.7 Å². The van der Waals surface area contributed by atoms with Crippen molar-refractivity contribution in [2.24, 2.45) is 7.05 Å². The van der Waals surface area contributed by atoms with Crippen LogP contribution in [0, 0.1) is 6.92 Å². The standard InChI is InChI=1S/C18H23N3O3/c1-13-6-3-4-8-15(13)16-10-17(21(2)20-16)19-18(22)12-23-11-14-7-5-9-24-14/h3-4,6,8,10,14H,5,7,9,11-12H2,1-2H3,(H,19,22)/t14-/m1/s1. The maximum Gasteiger partial charge on any atom is 0.251 e. The van der Waals surface area contributed by atoms with Crippen molar-refractivity contribution in [1.82, 2.24) is 9.78 Å². The van der Waals surface area contributed by atoms with Crippen LogP contribution in [0.25, 0.3) is 11.3 Å². The fraction of sp³-hybridized carbons (Fsp3) is 0.444. The van der Waals surface area contributed by atoms with Crippen molar-refractivity contribution in [1.29, 1.82) is 0 Å². The van der Waals surface area contributed by atoms with Gasteiger partial charge in [0.1, 0.15) is 12.4 Å². The second-order valence-corrected chi connectivity index (χ2v) is 6.05. The number of nitrogens with zero attached hydrogens (tertiary/aromatic N) is 2. The first-order valence-electron chi connectivity index (χ1n) is 8.23. The number of hydrogen-bond acceptors (Lipinski definition) is 4. The molecule has 1 saturated heterocycles. The quantitative estimate of drug-likeness (QED) is 0.884. The number of amides is 1. The fourth-order valence-corrected chi connectivity index (χ4v) is 2.81. The predicted octanol–water partition coefficient (Wildman–Crippen LogP) is 2.53. The average Bonchev–Trinajstić information content (AvgIpc) is 3.18. The van der Waals surface area contributed by atoms with Gasteiger partial charge < -0.3 is 14.8 Å². The number of carbonyl (C=O) groups excluding carboxylic acids is 1. The Balaban J connectivity index is 1.57. The maximum atomic E-state index is 12.0. The summed E-state index contributed by atoms with van der Waals surface area (Å²) in [5.41, 5.74) is 3.04. The molecule has 6 heteroatoms. The third-order valence-electron chi connectivity index (χ3n) is 4.13. The van der Waals surface area contributed by atoms with Gasteiger partial charge in [-0.3, -0.25) is 9.48 Å².